The lowest BCUT2D eigenvalue weighted by Crippen LogP contribution is -2.55. The van der Waals surface area contributed by atoms with Crippen molar-refractivity contribution in [1.82, 2.24) is 19.8 Å². The number of nitrogens with zero attached hydrogens (tertiary/aromatic N) is 7. The molecule has 0 N–H and O–H groups in total. The third kappa shape index (κ3) is 5.62. The number of carbonyl (C=O) groups excluding carboxylic acids is 1. The third-order valence-electron chi connectivity index (χ3n) is 8.96. The lowest BCUT2D eigenvalue weighted by molar-refractivity contribution is -0.128. The van der Waals surface area contributed by atoms with Crippen molar-refractivity contribution in [3.8, 4) is 12.1 Å². The van der Waals surface area contributed by atoms with Crippen molar-refractivity contribution >= 4 is 40.6 Å². The summed E-state index contributed by atoms with van der Waals surface area (Å²) in [7, 11) is 0. The highest BCUT2D eigenvalue weighted by Crippen LogP contribution is 2.44. The summed E-state index contributed by atoms with van der Waals surface area (Å²) in [4.78, 5) is 30.5. The Morgan fingerprint density at radius 3 is 2.74 bits per heavy atom. The van der Waals surface area contributed by atoms with Gasteiger partial charge in [0, 0.05) is 44.8 Å². The lowest BCUT2D eigenvalue weighted by Gasteiger charge is -2.42. The standard InChI is InChI=1S/C30H34Cl2FN7O2/c1-2-26(41)40-15-14-38(17-21(40)6-11-34)28-22-8-12-37(25-5-3-4-23(31)27(25)32)18-24(22)35-29(36-28)42-19-30(9-10-30)39-13-7-20(33)16-39/h2-5,20-21H,1,6-10,12-19H2/t20-,21-/m0/s1. The minimum atomic E-state index is -0.786. The van der Waals surface area contributed by atoms with E-state index in [2.05, 4.69) is 27.3 Å². The van der Waals surface area contributed by atoms with Gasteiger partial charge >= 0.3 is 6.01 Å². The number of halogens is 3. The second kappa shape index (κ2) is 11.9. The first-order chi connectivity index (χ1) is 20.3. The highest BCUT2D eigenvalue weighted by molar-refractivity contribution is 6.43. The summed E-state index contributed by atoms with van der Waals surface area (Å²) in [6, 6.07) is 7.83. The average molecular weight is 615 g/mol. The van der Waals surface area contributed by atoms with Crippen molar-refractivity contribution in [2.75, 3.05) is 55.7 Å². The number of alkyl halides is 1. The number of amides is 1. The number of aromatic nitrogens is 2. The van der Waals surface area contributed by atoms with Gasteiger partial charge in [-0.3, -0.25) is 9.69 Å². The summed E-state index contributed by atoms with van der Waals surface area (Å²) in [5.74, 6) is 0.597. The van der Waals surface area contributed by atoms with E-state index in [9.17, 15) is 14.4 Å². The first kappa shape index (κ1) is 29.0. The van der Waals surface area contributed by atoms with Gasteiger partial charge in [0.15, 0.2) is 0 Å². The van der Waals surface area contributed by atoms with Gasteiger partial charge in [-0.1, -0.05) is 35.8 Å². The van der Waals surface area contributed by atoms with E-state index in [1.807, 2.05) is 12.1 Å². The van der Waals surface area contributed by atoms with Crippen LogP contribution in [-0.4, -0.2) is 89.3 Å². The maximum atomic E-state index is 14.0. The molecule has 12 heteroatoms. The van der Waals surface area contributed by atoms with Crippen LogP contribution in [0.1, 0.15) is 36.9 Å². The molecule has 6 rings (SSSR count). The van der Waals surface area contributed by atoms with Crippen LogP contribution in [0.15, 0.2) is 30.9 Å². The molecule has 1 amide bonds. The Morgan fingerprint density at radius 2 is 2.02 bits per heavy atom. The van der Waals surface area contributed by atoms with E-state index in [0.717, 1.165) is 42.1 Å². The predicted molar refractivity (Wildman–Crippen MR) is 160 cm³/mol. The molecule has 0 bridgehead atoms. The van der Waals surface area contributed by atoms with Crippen LogP contribution < -0.4 is 14.5 Å². The second-order valence-corrected chi connectivity index (χ2v) is 12.3. The molecule has 3 aliphatic heterocycles. The maximum Gasteiger partial charge on any atom is 0.318 e. The van der Waals surface area contributed by atoms with Gasteiger partial charge in [-0.25, -0.2) is 4.39 Å². The SMILES string of the molecule is C=CC(=O)N1CCN(c2nc(OCC3(N4CC[C@H](F)C4)CC3)nc3c2CCN(c2cccc(Cl)c2Cl)C3)C[C@@H]1CC#N. The quantitative estimate of drug-likeness (QED) is 0.404. The number of anilines is 2. The van der Waals surface area contributed by atoms with Gasteiger partial charge in [-0.05, 0) is 43.9 Å². The number of hydrogen-bond acceptors (Lipinski definition) is 8. The molecule has 4 heterocycles. The van der Waals surface area contributed by atoms with Gasteiger partial charge in [0.1, 0.15) is 18.6 Å². The molecule has 0 unspecified atom stereocenters. The average Bonchev–Trinajstić information content (AvgIpc) is 3.67. The summed E-state index contributed by atoms with van der Waals surface area (Å²) >= 11 is 12.9. The normalized spacial score (nSPS) is 23.3. The highest BCUT2D eigenvalue weighted by atomic mass is 35.5. The minimum absolute atomic E-state index is 0.158. The van der Waals surface area contributed by atoms with Crippen LogP contribution >= 0.6 is 23.2 Å². The highest BCUT2D eigenvalue weighted by Gasteiger charge is 2.51. The molecule has 1 saturated carbocycles. The van der Waals surface area contributed by atoms with Crippen LogP contribution in [0.2, 0.25) is 10.0 Å². The van der Waals surface area contributed by atoms with E-state index in [1.165, 1.54) is 6.08 Å². The molecular formula is C30H34Cl2FN7O2. The Hall–Kier alpha value is -3.13. The summed E-state index contributed by atoms with van der Waals surface area (Å²) in [5.41, 5.74) is 2.55. The number of rotatable bonds is 8. The smallest absolute Gasteiger partial charge is 0.318 e. The molecule has 222 valence electrons. The Balaban J connectivity index is 1.30. The fraction of sp³-hybridized carbons (Fsp3) is 0.533. The molecule has 1 aromatic carbocycles. The van der Waals surface area contributed by atoms with E-state index in [4.69, 9.17) is 37.9 Å². The molecule has 2 saturated heterocycles. The van der Waals surface area contributed by atoms with Crippen molar-refractivity contribution in [1.29, 1.82) is 5.26 Å². The van der Waals surface area contributed by atoms with E-state index in [1.54, 1.807) is 11.0 Å². The summed E-state index contributed by atoms with van der Waals surface area (Å²) in [5, 5.41) is 10.5. The first-order valence-electron chi connectivity index (χ1n) is 14.5. The molecule has 42 heavy (non-hydrogen) atoms. The van der Waals surface area contributed by atoms with Gasteiger partial charge in [0.2, 0.25) is 5.91 Å². The monoisotopic (exact) mass is 613 g/mol. The van der Waals surface area contributed by atoms with Crippen molar-refractivity contribution in [2.45, 2.75) is 56.4 Å². The summed E-state index contributed by atoms with van der Waals surface area (Å²) in [6.45, 7) is 7.90. The largest absolute Gasteiger partial charge is 0.461 e. The number of ether oxygens (including phenoxy) is 1. The van der Waals surface area contributed by atoms with E-state index in [-0.39, 0.29) is 29.9 Å². The van der Waals surface area contributed by atoms with Crippen molar-refractivity contribution in [3.05, 3.63) is 52.2 Å². The zero-order valence-corrected chi connectivity index (χ0v) is 25.0. The molecule has 1 aliphatic carbocycles. The maximum absolute atomic E-state index is 14.0. The second-order valence-electron chi connectivity index (χ2n) is 11.5. The van der Waals surface area contributed by atoms with E-state index >= 15 is 0 Å². The van der Waals surface area contributed by atoms with Gasteiger partial charge in [-0.2, -0.15) is 15.2 Å². The molecule has 1 aromatic heterocycles. The first-order valence-corrected chi connectivity index (χ1v) is 15.2. The van der Waals surface area contributed by atoms with Crippen LogP contribution in [0.25, 0.3) is 0 Å². The summed E-state index contributed by atoms with van der Waals surface area (Å²) < 4.78 is 20.3. The fourth-order valence-electron chi connectivity index (χ4n) is 6.44. The number of carbonyl (C=O) groups is 1. The van der Waals surface area contributed by atoms with Crippen LogP contribution in [-0.2, 0) is 17.8 Å². The van der Waals surface area contributed by atoms with Crippen LogP contribution in [0.5, 0.6) is 6.01 Å². The molecule has 2 atom stereocenters. The van der Waals surface area contributed by atoms with Crippen LogP contribution in [0.3, 0.4) is 0 Å². The predicted octanol–water partition coefficient (Wildman–Crippen LogP) is 4.42. The van der Waals surface area contributed by atoms with Crippen molar-refractivity contribution in [2.24, 2.45) is 0 Å². The minimum Gasteiger partial charge on any atom is -0.461 e. The third-order valence-corrected chi connectivity index (χ3v) is 9.77. The molecule has 3 fully saturated rings. The number of benzene rings is 1. The molecule has 2 aromatic rings. The van der Waals surface area contributed by atoms with Crippen molar-refractivity contribution < 1.29 is 13.9 Å². The Labute approximate surface area is 255 Å². The van der Waals surface area contributed by atoms with Crippen LogP contribution in [0, 0.1) is 11.3 Å². The van der Waals surface area contributed by atoms with Gasteiger partial charge in [0.05, 0.1) is 52.0 Å². The van der Waals surface area contributed by atoms with Gasteiger partial charge in [0.25, 0.3) is 0 Å². The van der Waals surface area contributed by atoms with E-state index < -0.39 is 6.17 Å². The molecule has 0 radical (unpaired) electrons. The lowest BCUT2D eigenvalue weighted by atomic mass is 10.0. The number of hydrogen-bond donors (Lipinski definition) is 0. The number of piperazine rings is 1. The summed E-state index contributed by atoms with van der Waals surface area (Å²) in [6.07, 6.45) is 3.90. The molecule has 9 nitrogen and oxygen atoms in total. The van der Waals surface area contributed by atoms with Gasteiger partial charge in [-0.15, -0.1) is 0 Å². The number of fused-ring (bicyclic) bond motifs is 1. The molecule has 0 spiro atoms. The topological polar surface area (TPSA) is 88.8 Å². The Kier molecular flexibility index (Phi) is 8.18. The molecular weight excluding hydrogens is 580 g/mol. The zero-order valence-electron chi connectivity index (χ0n) is 23.4. The zero-order chi connectivity index (χ0) is 29.4. The number of likely N-dealkylation sites (tertiary alicyclic amines) is 1. The van der Waals surface area contributed by atoms with Crippen LogP contribution in [0.4, 0.5) is 15.9 Å². The molecule has 4 aliphatic rings. The Bertz CT molecular complexity index is 1410. The number of nitriles is 1. The van der Waals surface area contributed by atoms with E-state index in [0.29, 0.717) is 68.8 Å². The Morgan fingerprint density at radius 1 is 1.19 bits per heavy atom. The van der Waals surface area contributed by atoms with Crippen molar-refractivity contribution in [3.63, 3.8) is 0 Å². The fourth-order valence-corrected chi connectivity index (χ4v) is 6.85. The van der Waals surface area contributed by atoms with Gasteiger partial charge < -0.3 is 19.4 Å².